The number of nitrogens with zero attached hydrogens (tertiary/aromatic N) is 2. The summed E-state index contributed by atoms with van der Waals surface area (Å²) in [4.78, 5) is 17.5. The number of imidazole rings is 1. The number of para-hydroxylation sites is 3. The van der Waals surface area contributed by atoms with Crippen LogP contribution in [0.4, 0.5) is 0 Å². The van der Waals surface area contributed by atoms with Crippen molar-refractivity contribution in [1.82, 2.24) is 14.9 Å². The van der Waals surface area contributed by atoms with Crippen molar-refractivity contribution < 1.29 is 9.53 Å². The third-order valence-electron chi connectivity index (χ3n) is 5.70. The van der Waals surface area contributed by atoms with Crippen LogP contribution in [0.2, 0.25) is 0 Å². The van der Waals surface area contributed by atoms with Crippen molar-refractivity contribution in [1.29, 1.82) is 0 Å². The van der Waals surface area contributed by atoms with Crippen LogP contribution in [0.1, 0.15) is 51.0 Å². The summed E-state index contributed by atoms with van der Waals surface area (Å²) in [5, 5.41) is 3.16. The molecule has 2 aromatic carbocycles. The van der Waals surface area contributed by atoms with Gasteiger partial charge in [-0.05, 0) is 49.9 Å². The van der Waals surface area contributed by atoms with Gasteiger partial charge >= 0.3 is 0 Å². The van der Waals surface area contributed by atoms with E-state index in [-0.39, 0.29) is 17.9 Å². The first-order valence-electron chi connectivity index (χ1n) is 11.2. The fourth-order valence-electron chi connectivity index (χ4n) is 3.93. The quantitative estimate of drug-likeness (QED) is 0.420. The van der Waals surface area contributed by atoms with E-state index >= 15 is 0 Å². The molecule has 0 spiro atoms. The standard InChI is InChI=1S/C26H33N3O2/c1-5-12-21-13-8-11-16-24(21)31-18-17-29-23-15-10-9-14-22(23)28-25(29)19(4)27-26(30)20(6-2)7-3/h5,8-11,13-16,19-20H,1,6-7,12,17-18H2,2-4H3,(H,27,30). The maximum absolute atomic E-state index is 12.6. The van der Waals surface area contributed by atoms with E-state index < -0.39 is 0 Å². The summed E-state index contributed by atoms with van der Waals surface area (Å²) in [7, 11) is 0. The lowest BCUT2D eigenvalue weighted by atomic mass is 10.0. The van der Waals surface area contributed by atoms with Crippen molar-refractivity contribution in [2.45, 2.75) is 52.6 Å². The zero-order valence-corrected chi connectivity index (χ0v) is 18.8. The molecule has 3 aromatic rings. The predicted octanol–water partition coefficient (Wildman–Crippen LogP) is 5.46. The van der Waals surface area contributed by atoms with Crippen molar-refractivity contribution in [3.63, 3.8) is 0 Å². The monoisotopic (exact) mass is 419 g/mol. The van der Waals surface area contributed by atoms with E-state index in [1.807, 2.05) is 49.4 Å². The molecule has 0 aliphatic rings. The Morgan fingerprint density at radius 3 is 2.61 bits per heavy atom. The molecular formula is C26H33N3O2. The molecule has 0 bridgehead atoms. The molecule has 0 radical (unpaired) electrons. The van der Waals surface area contributed by atoms with Crippen molar-refractivity contribution in [2.75, 3.05) is 6.61 Å². The summed E-state index contributed by atoms with van der Waals surface area (Å²) in [5.41, 5.74) is 3.09. The second-order valence-corrected chi connectivity index (χ2v) is 7.80. The summed E-state index contributed by atoms with van der Waals surface area (Å²) < 4.78 is 8.27. The van der Waals surface area contributed by atoms with Gasteiger partial charge in [-0.15, -0.1) is 6.58 Å². The molecule has 1 N–H and O–H groups in total. The molecule has 164 valence electrons. The number of fused-ring (bicyclic) bond motifs is 1. The summed E-state index contributed by atoms with van der Waals surface area (Å²) in [6.07, 6.45) is 4.33. The number of rotatable bonds is 11. The van der Waals surface area contributed by atoms with Gasteiger partial charge in [0, 0.05) is 5.92 Å². The highest BCUT2D eigenvalue weighted by Gasteiger charge is 2.21. The highest BCUT2D eigenvalue weighted by molar-refractivity contribution is 5.79. The molecular weight excluding hydrogens is 386 g/mol. The minimum Gasteiger partial charge on any atom is -0.491 e. The number of amides is 1. The van der Waals surface area contributed by atoms with Crippen molar-refractivity contribution in [2.24, 2.45) is 5.92 Å². The lowest BCUT2D eigenvalue weighted by Crippen LogP contribution is -2.33. The van der Waals surface area contributed by atoms with E-state index in [0.29, 0.717) is 13.2 Å². The zero-order valence-electron chi connectivity index (χ0n) is 18.8. The van der Waals surface area contributed by atoms with Crippen LogP contribution in [0.3, 0.4) is 0 Å². The molecule has 0 fully saturated rings. The number of benzene rings is 2. The SMILES string of the molecule is C=CCc1ccccc1OCCn1c(C(C)NC(=O)C(CC)CC)nc2ccccc21. The number of nitrogens with one attached hydrogen (secondary N) is 1. The van der Waals surface area contributed by atoms with E-state index in [1.54, 1.807) is 0 Å². The molecule has 1 heterocycles. The van der Waals surface area contributed by atoms with Gasteiger partial charge in [0.1, 0.15) is 18.2 Å². The van der Waals surface area contributed by atoms with Crippen LogP contribution >= 0.6 is 0 Å². The maximum atomic E-state index is 12.6. The van der Waals surface area contributed by atoms with Crippen molar-refractivity contribution in [3.05, 3.63) is 72.6 Å². The number of aromatic nitrogens is 2. The topological polar surface area (TPSA) is 56.1 Å². The van der Waals surface area contributed by atoms with Gasteiger partial charge in [0.2, 0.25) is 5.91 Å². The van der Waals surface area contributed by atoms with Crippen molar-refractivity contribution >= 4 is 16.9 Å². The molecule has 1 unspecified atom stereocenters. The molecule has 0 aliphatic carbocycles. The minimum absolute atomic E-state index is 0.0324. The summed E-state index contributed by atoms with van der Waals surface area (Å²) in [5.74, 6) is 1.85. The van der Waals surface area contributed by atoms with E-state index in [4.69, 9.17) is 9.72 Å². The molecule has 1 atom stereocenters. The number of carbonyl (C=O) groups excluding carboxylic acids is 1. The molecule has 0 saturated heterocycles. The predicted molar refractivity (Wildman–Crippen MR) is 126 cm³/mol. The second kappa shape index (κ2) is 10.8. The third kappa shape index (κ3) is 5.35. The summed E-state index contributed by atoms with van der Waals surface area (Å²) >= 11 is 0. The lowest BCUT2D eigenvalue weighted by Gasteiger charge is -2.20. The van der Waals surface area contributed by atoms with E-state index in [0.717, 1.165) is 47.4 Å². The fourth-order valence-corrected chi connectivity index (χ4v) is 3.93. The zero-order chi connectivity index (χ0) is 22.2. The van der Waals surface area contributed by atoms with Gasteiger partial charge in [-0.25, -0.2) is 4.98 Å². The van der Waals surface area contributed by atoms with Gasteiger partial charge in [0.25, 0.3) is 0 Å². The Morgan fingerprint density at radius 1 is 1.16 bits per heavy atom. The highest BCUT2D eigenvalue weighted by Crippen LogP contribution is 2.23. The Labute approximate surface area is 185 Å². The Morgan fingerprint density at radius 2 is 1.87 bits per heavy atom. The molecule has 1 amide bonds. The first-order valence-corrected chi connectivity index (χ1v) is 11.2. The van der Waals surface area contributed by atoms with Gasteiger partial charge in [-0.3, -0.25) is 4.79 Å². The molecule has 1 aromatic heterocycles. The van der Waals surface area contributed by atoms with Gasteiger partial charge in [-0.1, -0.05) is 50.3 Å². The highest BCUT2D eigenvalue weighted by atomic mass is 16.5. The maximum Gasteiger partial charge on any atom is 0.223 e. The average Bonchev–Trinajstić information content (AvgIpc) is 3.15. The Kier molecular flexibility index (Phi) is 7.88. The molecule has 0 aliphatic heterocycles. The molecule has 3 rings (SSSR count). The Balaban J connectivity index is 1.80. The van der Waals surface area contributed by atoms with Crippen molar-refractivity contribution in [3.8, 4) is 5.75 Å². The van der Waals surface area contributed by atoms with E-state index in [2.05, 4.69) is 42.4 Å². The van der Waals surface area contributed by atoms with Gasteiger partial charge in [0.15, 0.2) is 0 Å². The first kappa shape index (κ1) is 22.6. The van der Waals surface area contributed by atoms with Gasteiger partial charge < -0.3 is 14.6 Å². The normalized spacial score (nSPS) is 12.1. The average molecular weight is 420 g/mol. The van der Waals surface area contributed by atoms with Gasteiger partial charge in [0.05, 0.1) is 23.6 Å². The molecule has 31 heavy (non-hydrogen) atoms. The number of ether oxygens (including phenoxy) is 1. The Hall–Kier alpha value is -3.08. The van der Waals surface area contributed by atoms with E-state index in [1.165, 1.54) is 0 Å². The fraction of sp³-hybridized carbons (Fsp3) is 0.385. The lowest BCUT2D eigenvalue weighted by molar-refractivity contribution is -0.125. The number of carbonyl (C=O) groups is 1. The molecule has 5 heteroatoms. The van der Waals surface area contributed by atoms with Crippen LogP contribution in [0, 0.1) is 5.92 Å². The van der Waals surface area contributed by atoms with Crippen LogP contribution in [0.15, 0.2) is 61.2 Å². The molecule has 5 nitrogen and oxygen atoms in total. The summed E-state index contributed by atoms with van der Waals surface area (Å²) in [6, 6.07) is 15.9. The first-order chi connectivity index (χ1) is 15.1. The van der Waals surface area contributed by atoms with Crippen LogP contribution in [-0.4, -0.2) is 22.1 Å². The minimum atomic E-state index is -0.187. The van der Waals surface area contributed by atoms with E-state index in [9.17, 15) is 4.79 Å². The van der Waals surface area contributed by atoms with Crippen LogP contribution < -0.4 is 10.1 Å². The number of hydrogen-bond acceptors (Lipinski definition) is 3. The largest absolute Gasteiger partial charge is 0.491 e. The van der Waals surface area contributed by atoms with Crippen LogP contribution in [0.25, 0.3) is 11.0 Å². The number of allylic oxidation sites excluding steroid dienone is 1. The van der Waals surface area contributed by atoms with Gasteiger partial charge in [-0.2, -0.15) is 0 Å². The Bertz CT molecular complexity index is 1020. The smallest absolute Gasteiger partial charge is 0.223 e. The molecule has 0 saturated carbocycles. The summed E-state index contributed by atoms with van der Waals surface area (Å²) in [6.45, 7) is 11.1. The van der Waals surface area contributed by atoms with Crippen LogP contribution in [0.5, 0.6) is 5.75 Å². The number of hydrogen-bond donors (Lipinski definition) is 1. The third-order valence-corrected chi connectivity index (χ3v) is 5.70. The second-order valence-electron chi connectivity index (χ2n) is 7.80. The van der Waals surface area contributed by atoms with Crippen LogP contribution in [-0.2, 0) is 17.8 Å².